The van der Waals surface area contributed by atoms with Crippen LogP contribution in [0.2, 0.25) is 5.02 Å². The molecule has 32 heavy (non-hydrogen) atoms. The second kappa shape index (κ2) is 7.02. The molecule has 6 rings (SSSR count). The van der Waals surface area contributed by atoms with Crippen molar-refractivity contribution in [1.82, 2.24) is 15.3 Å². The molecule has 3 aromatic rings. The van der Waals surface area contributed by atoms with Crippen LogP contribution < -0.4 is 5.32 Å². The van der Waals surface area contributed by atoms with Crippen molar-refractivity contribution in [3.05, 3.63) is 53.0 Å². The fourth-order valence-electron chi connectivity index (χ4n) is 5.20. The molecular weight excluding hydrogens is 450 g/mol. The molecular formula is C23H22ClN3O4S. The van der Waals surface area contributed by atoms with Crippen LogP contribution in [-0.2, 0) is 9.84 Å². The molecule has 166 valence electrons. The van der Waals surface area contributed by atoms with E-state index in [4.69, 9.17) is 16.0 Å². The Bertz CT molecular complexity index is 1330. The van der Waals surface area contributed by atoms with E-state index in [2.05, 4.69) is 15.3 Å². The van der Waals surface area contributed by atoms with E-state index in [9.17, 15) is 13.2 Å². The van der Waals surface area contributed by atoms with Gasteiger partial charge in [-0.2, -0.15) is 0 Å². The van der Waals surface area contributed by atoms with Crippen LogP contribution in [0.5, 0.6) is 0 Å². The molecule has 1 spiro atoms. The number of amides is 1. The highest BCUT2D eigenvalue weighted by molar-refractivity contribution is 7.92. The maximum atomic E-state index is 12.7. The first-order valence-corrected chi connectivity index (χ1v) is 12.8. The van der Waals surface area contributed by atoms with E-state index < -0.39 is 9.84 Å². The lowest BCUT2D eigenvalue weighted by Gasteiger charge is -2.57. The average molecular weight is 472 g/mol. The van der Waals surface area contributed by atoms with Crippen LogP contribution in [-0.4, -0.2) is 35.6 Å². The molecule has 0 bridgehead atoms. The number of hydrogen-bond acceptors (Lipinski definition) is 6. The summed E-state index contributed by atoms with van der Waals surface area (Å²) < 4.78 is 30.7. The van der Waals surface area contributed by atoms with Crippen LogP contribution in [0.1, 0.15) is 60.7 Å². The minimum absolute atomic E-state index is 0.000753. The van der Waals surface area contributed by atoms with E-state index >= 15 is 0 Å². The number of aromatic nitrogens is 2. The van der Waals surface area contributed by atoms with E-state index in [1.54, 1.807) is 12.1 Å². The van der Waals surface area contributed by atoms with Crippen LogP contribution >= 0.6 is 11.6 Å². The highest BCUT2D eigenvalue weighted by Crippen LogP contribution is 2.61. The smallest absolute Gasteiger partial charge is 0.251 e. The van der Waals surface area contributed by atoms with Crippen molar-refractivity contribution >= 4 is 38.4 Å². The molecule has 2 aromatic heterocycles. The largest absolute Gasteiger partial charge is 0.440 e. The Kier molecular flexibility index (Phi) is 4.43. The van der Waals surface area contributed by atoms with Gasteiger partial charge in [-0.15, -0.1) is 0 Å². The number of carbonyl (C=O) groups excluding carboxylic acids is 1. The van der Waals surface area contributed by atoms with Gasteiger partial charge in [0, 0.05) is 28.7 Å². The molecule has 3 aliphatic carbocycles. The summed E-state index contributed by atoms with van der Waals surface area (Å²) in [6.07, 6.45) is 6.57. The zero-order valence-electron chi connectivity index (χ0n) is 17.3. The summed E-state index contributed by atoms with van der Waals surface area (Å²) in [6, 6.07) is 8.52. The number of pyridine rings is 1. The Morgan fingerprint density at radius 1 is 1.12 bits per heavy atom. The van der Waals surface area contributed by atoms with Gasteiger partial charge in [-0.1, -0.05) is 11.6 Å². The van der Waals surface area contributed by atoms with Crippen LogP contribution in [0.25, 0.3) is 11.1 Å². The van der Waals surface area contributed by atoms with Gasteiger partial charge in [0.25, 0.3) is 5.91 Å². The third kappa shape index (κ3) is 3.40. The monoisotopic (exact) mass is 471 g/mol. The number of hydrogen-bond donors (Lipinski definition) is 1. The number of sulfone groups is 1. The fourth-order valence-corrected chi connectivity index (χ4v) is 6.96. The van der Waals surface area contributed by atoms with Gasteiger partial charge in [-0.3, -0.25) is 4.79 Å². The summed E-state index contributed by atoms with van der Waals surface area (Å²) in [4.78, 5) is 21.2. The summed E-state index contributed by atoms with van der Waals surface area (Å²) in [5.41, 5.74) is 2.12. The Hall–Kier alpha value is -2.45. The number of halogens is 1. The van der Waals surface area contributed by atoms with E-state index in [1.807, 2.05) is 12.1 Å². The van der Waals surface area contributed by atoms with E-state index in [1.165, 1.54) is 12.3 Å². The lowest BCUT2D eigenvalue weighted by Crippen LogP contribution is -2.55. The topological polar surface area (TPSA) is 102 Å². The number of nitrogens with one attached hydrogen (secondary N) is 1. The molecule has 0 aliphatic heterocycles. The first-order chi connectivity index (χ1) is 15.3. The second-order valence-electron chi connectivity index (χ2n) is 9.48. The van der Waals surface area contributed by atoms with Gasteiger partial charge in [0.1, 0.15) is 5.52 Å². The Balaban J connectivity index is 1.06. The van der Waals surface area contributed by atoms with Crippen LogP contribution in [0.15, 0.2) is 46.0 Å². The minimum atomic E-state index is -3.41. The van der Waals surface area contributed by atoms with Crippen molar-refractivity contribution in [2.45, 2.75) is 60.8 Å². The number of nitrogens with zero attached hydrogens (tertiary/aromatic N) is 2. The fraction of sp³-hybridized carbons (Fsp3) is 0.435. The number of carbonyl (C=O) groups is 1. The highest BCUT2D eigenvalue weighted by Gasteiger charge is 2.54. The molecule has 3 saturated carbocycles. The first-order valence-electron chi connectivity index (χ1n) is 10.9. The zero-order chi connectivity index (χ0) is 22.1. The van der Waals surface area contributed by atoms with E-state index in [-0.39, 0.29) is 27.6 Å². The third-order valence-corrected chi connectivity index (χ3v) is 9.41. The molecule has 0 saturated heterocycles. The lowest BCUT2D eigenvalue weighted by molar-refractivity contribution is -0.0253. The predicted molar refractivity (Wildman–Crippen MR) is 118 cm³/mol. The minimum Gasteiger partial charge on any atom is -0.440 e. The number of fused-ring (bicyclic) bond motifs is 1. The molecule has 1 N–H and O–H groups in total. The van der Waals surface area contributed by atoms with Crippen LogP contribution in [0, 0.1) is 5.41 Å². The Morgan fingerprint density at radius 2 is 1.91 bits per heavy atom. The lowest BCUT2D eigenvalue weighted by atomic mass is 9.50. The Morgan fingerprint density at radius 3 is 2.66 bits per heavy atom. The molecule has 1 amide bonds. The van der Waals surface area contributed by atoms with Crippen molar-refractivity contribution < 1.29 is 17.6 Å². The molecule has 3 fully saturated rings. The van der Waals surface area contributed by atoms with Gasteiger partial charge >= 0.3 is 0 Å². The third-order valence-electron chi connectivity index (χ3n) is 7.02. The highest BCUT2D eigenvalue weighted by atomic mass is 35.5. The molecule has 0 unspecified atom stereocenters. The maximum absolute atomic E-state index is 12.7. The summed E-state index contributed by atoms with van der Waals surface area (Å²) in [7, 11) is -3.41. The van der Waals surface area contributed by atoms with Gasteiger partial charge in [-0.25, -0.2) is 18.4 Å². The SMILES string of the molecule is O=C(NC1CC2(C1)CC(c1nc3cc(Cl)ccc3o1)C2)c1ccnc(S(=O)(=O)C2CC2)c1. The van der Waals surface area contributed by atoms with Crippen LogP contribution in [0.4, 0.5) is 0 Å². The molecule has 1 aromatic carbocycles. The summed E-state index contributed by atoms with van der Waals surface area (Å²) in [6.45, 7) is 0. The van der Waals surface area contributed by atoms with Crippen molar-refractivity contribution in [3.8, 4) is 0 Å². The van der Waals surface area contributed by atoms with E-state index in [0.717, 1.165) is 42.7 Å². The summed E-state index contributed by atoms with van der Waals surface area (Å²) in [5, 5.41) is 3.35. The molecule has 0 atom stereocenters. The Labute approximate surface area is 190 Å². The van der Waals surface area contributed by atoms with Crippen molar-refractivity contribution in [3.63, 3.8) is 0 Å². The standard InChI is InChI=1S/C23H22ClN3O4S/c24-15-1-4-19-18(8-15)27-22(31-19)14-9-23(10-14)11-16(12-23)26-21(28)13-5-6-25-20(7-13)32(29,30)17-2-3-17/h1,4-8,14,16-17H,2-3,9-12H2,(H,26,28). The normalized spacial score (nSPS) is 27.2. The average Bonchev–Trinajstić information content (AvgIpc) is 3.50. The zero-order valence-corrected chi connectivity index (χ0v) is 18.8. The molecule has 7 nitrogen and oxygen atoms in total. The maximum Gasteiger partial charge on any atom is 0.251 e. The predicted octanol–water partition coefficient (Wildman–Crippen LogP) is 4.27. The van der Waals surface area contributed by atoms with Gasteiger partial charge < -0.3 is 9.73 Å². The van der Waals surface area contributed by atoms with Gasteiger partial charge in [0.05, 0.1) is 5.25 Å². The van der Waals surface area contributed by atoms with Gasteiger partial charge in [-0.05, 0) is 74.3 Å². The molecule has 0 radical (unpaired) electrons. The van der Waals surface area contributed by atoms with Crippen molar-refractivity contribution in [1.29, 1.82) is 0 Å². The summed E-state index contributed by atoms with van der Waals surface area (Å²) in [5.74, 6) is 0.820. The number of oxazole rings is 1. The summed E-state index contributed by atoms with van der Waals surface area (Å²) >= 11 is 6.03. The van der Waals surface area contributed by atoms with Gasteiger partial charge in [0.2, 0.25) is 0 Å². The molecule has 9 heteroatoms. The first kappa shape index (κ1) is 20.2. The number of benzene rings is 1. The second-order valence-corrected chi connectivity index (χ2v) is 12.1. The van der Waals surface area contributed by atoms with E-state index in [0.29, 0.717) is 29.3 Å². The molecule has 2 heterocycles. The van der Waals surface area contributed by atoms with Crippen molar-refractivity contribution in [2.24, 2.45) is 5.41 Å². The quantitative estimate of drug-likeness (QED) is 0.596. The van der Waals surface area contributed by atoms with Crippen molar-refractivity contribution in [2.75, 3.05) is 0 Å². The van der Waals surface area contributed by atoms with Crippen LogP contribution in [0.3, 0.4) is 0 Å². The number of rotatable bonds is 5. The molecule has 3 aliphatic rings. The van der Waals surface area contributed by atoms with Gasteiger partial charge in [0.15, 0.2) is 26.3 Å².